The van der Waals surface area contributed by atoms with Gasteiger partial charge < -0.3 is 18.9 Å². The summed E-state index contributed by atoms with van der Waals surface area (Å²) in [7, 11) is 6.05. The number of methoxy groups -OCH3 is 4. The van der Waals surface area contributed by atoms with E-state index in [1.54, 1.807) is 28.4 Å². The van der Waals surface area contributed by atoms with Crippen LogP contribution in [0.4, 0.5) is 0 Å². The Kier molecular flexibility index (Phi) is 12.1. The second-order valence-electron chi connectivity index (χ2n) is 9.49. The predicted molar refractivity (Wildman–Crippen MR) is 174 cm³/mol. The van der Waals surface area contributed by atoms with Crippen LogP contribution in [-0.4, -0.2) is 54.9 Å². The quantitative estimate of drug-likeness (QED) is 0.164. The highest BCUT2D eigenvalue weighted by Gasteiger charge is 2.24. The van der Waals surface area contributed by atoms with Crippen LogP contribution in [0.1, 0.15) is 11.1 Å². The maximum atomic E-state index is 5.70. The van der Waals surface area contributed by atoms with E-state index >= 15 is 0 Å². The molecular weight excluding hydrogens is 527 g/mol. The molecule has 212 valence electrons. The Morgan fingerprint density at radius 1 is 0.537 bits per heavy atom. The largest absolute Gasteiger partial charge is 0.381 e. The molecule has 0 atom stereocenters. The highest BCUT2D eigenvalue weighted by atomic mass is 31.1. The number of hydrogen-bond donors (Lipinski definition) is 0. The van der Waals surface area contributed by atoms with Gasteiger partial charge in [0.1, 0.15) is 0 Å². The van der Waals surface area contributed by atoms with Crippen LogP contribution in [0, 0.1) is 0 Å². The fourth-order valence-electron chi connectivity index (χ4n) is 5.01. The van der Waals surface area contributed by atoms with Crippen molar-refractivity contribution in [2.75, 3.05) is 54.9 Å². The topological polar surface area (TPSA) is 36.9 Å². The highest BCUT2D eigenvalue weighted by Crippen LogP contribution is 2.41. The van der Waals surface area contributed by atoms with Crippen molar-refractivity contribution in [2.24, 2.45) is 0 Å². The van der Waals surface area contributed by atoms with Gasteiger partial charge in [-0.15, -0.1) is 0 Å². The standard InChI is InChI=1S/C36H39O4P/c1-37-24-22-28(26-39-3)32-19-13-20-33(29(27-40-4)23-25-38-2)36(32)34-18-11-12-21-35(34)41(30-14-7-5-8-15-30)31-16-9-6-10-17-31/h5-23H,24-27H2,1-4H3/b28-22+,29-23+. The molecular formula is C36H39O4P. The number of benzene rings is 4. The molecule has 0 heterocycles. The maximum absolute atomic E-state index is 5.70. The summed E-state index contributed by atoms with van der Waals surface area (Å²) >= 11 is 0. The van der Waals surface area contributed by atoms with Crippen molar-refractivity contribution in [1.29, 1.82) is 0 Å². The van der Waals surface area contributed by atoms with E-state index in [4.69, 9.17) is 18.9 Å². The first-order valence-corrected chi connectivity index (χ1v) is 15.0. The summed E-state index contributed by atoms with van der Waals surface area (Å²) < 4.78 is 22.3. The molecule has 0 saturated carbocycles. The number of rotatable bonds is 14. The van der Waals surface area contributed by atoms with Gasteiger partial charge in [0.05, 0.1) is 26.4 Å². The lowest BCUT2D eigenvalue weighted by atomic mass is 9.87. The Morgan fingerprint density at radius 3 is 1.46 bits per heavy atom. The van der Waals surface area contributed by atoms with Gasteiger partial charge in [0.25, 0.3) is 0 Å². The molecule has 41 heavy (non-hydrogen) atoms. The fraction of sp³-hybridized carbons (Fsp3) is 0.222. The Bertz CT molecular complexity index is 1350. The lowest BCUT2D eigenvalue weighted by Gasteiger charge is -2.26. The molecule has 0 aliphatic rings. The molecule has 0 aromatic heterocycles. The normalized spacial score (nSPS) is 12.2. The van der Waals surface area contributed by atoms with Crippen LogP contribution in [0.5, 0.6) is 0 Å². The molecule has 0 saturated heterocycles. The van der Waals surface area contributed by atoms with Gasteiger partial charge in [-0.05, 0) is 57.2 Å². The van der Waals surface area contributed by atoms with E-state index < -0.39 is 7.92 Å². The molecule has 0 amide bonds. The van der Waals surface area contributed by atoms with Gasteiger partial charge in [0.15, 0.2) is 0 Å². The summed E-state index contributed by atoms with van der Waals surface area (Å²) in [6.45, 7) is 1.93. The van der Waals surface area contributed by atoms with Crippen LogP contribution < -0.4 is 15.9 Å². The van der Waals surface area contributed by atoms with E-state index in [0.717, 1.165) is 27.8 Å². The van der Waals surface area contributed by atoms with Gasteiger partial charge in [-0.2, -0.15) is 0 Å². The van der Waals surface area contributed by atoms with E-state index in [1.807, 2.05) is 0 Å². The second-order valence-corrected chi connectivity index (χ2v) is 11.7. The van der Waals surface area contributed by atoms with Crippen LogP contribution in [0.3, 0.4) is 0 Å². The molecule has 4 aromatic carbocycles. The Hall–Kier alpha value is -3.37. The SMILES string of the molecule is COC/C=C(\COC)c1cccc(/C(=C/COC)COC)c1-c1ccccc1P(c1ccccc1)c1ccccc1. The van der Waals surface area contributed by atoms with E-state index in [0.29, 0.717) is 26.4 Å². The third kappa shape index (κ3) is 7.68. The molecule has 0 unspecified atom stereocenters. The minimum atomic E-state index is -0.842. The third-order valence-electron chi connectivity index (χ3n) is 6.79. The van der Waals surface area contributed by atoms with Gasteiger partial charge >= 0.3 is 0 Å². The smallest absolute Gasteiger partial charge is 0.0716 e. The number of hydrogen-bond acceptors (Lipinski definition) is 4. The summed E-state index contributed by atoms with van der Waals surface area (Å²) in [6, 6.07) is 36.9. The fourth-order valence-corrected chi connectivity index (χ4v) is 7.47. The molecule has 0 aliphatic heterocycles. The van der Waals surface area contributed by atoms with Crippen LogP contribution in [0.15, 0.2) is 115 Å². The molecule has 0 fully saturated rings. The van der Waals surface area contributed by atoms with Gasteiger partial charge in [0, 0.05) is 28.4 Å². The summed E-state index contributed by atoms with van der Waals surface area (Å²) in [6.07, 6.45) is 4.22. The van der Waals surface area contributed by atoms with E-state index in [1.165, 1.54) is 21.5 Å². The summed E-state index contributed by atoms with van der Waals surface area (Å²) in [5, 5.41) is 3.90. The molecule has 4 rings (SSSR count). The van der Waals surface area contributed by atoms with E-state index in [-0.39, 0.29) is 0 Å². The molecule has 5 heteroatoms. The van der Waals surface area contributed by atoms with Crippen LogP contribution in [-0.2, 0) is 18.9 Å². The average molecular weight is 567 g/mol. The third-order valence-corrected chi connectivity index (χ3v) is 9.29. The molecule has 4 nitrogen and oxygen atoms in total. The lowest BCUT2D eigenvalue weighted by Crippen LogP contribution is -2.22. The van der Waals surface area contributed by atoms with Crippen molar-refractivity contribution < 1.29 is 18.9 Å². The van der Waals surface area contributed by atoms with Crippen LogP contribution >= 0.6 is 7.92 Å². The molecule has 4 aromatic rings. The maximum Gasteiger partial charge on any atom is 0.0716 e. The van der Waals surface area contributed by atoms with Crippen LogP contribution in [0.2, 0.25) is 0 Å². The predicted octanol–water partition coefficient (Wildman–Crippen LogP) is 6.46. The molecule has 0 N–H and O–H groups in total. The van der Waals surface area contributed by atoms with Crippen LogP contribution in [0.25, 0.3) is 22.3 Å². The van der Waals surface area contributed by atoms with Crippen molar-refractivity contribution in [1.82, 2.24) is 0 Å². The van der Waals surface area contributed by atoms with Gasteiger partial charge in [-0.1, -0.05) is 115 Å². The first-order valence-electron chi connectivity index (χ1n) is 13.7. The van der Waals surface area contributed by atoms with Gasteiger partial charge in [-0.3, -0.25) is 0 Å². The van der Waals surface area contributed by atoms with Crippen molar-refractivity contribution in [3.05, 3.63) is 126 Å². The van der Waals surface area contributed by atoms with E-state index in [2.05, 4.69) is 115 Å². The minimum absolute atomic E-state index is 0.468. The summed E-state index contributed by atoms with van der Waals surface area (Å²) in [5.74, 6) is 0. The summed E-state index contributed by atoms with van der Waals surface area (Å²) in [4.78, 5) is 0. The number of ether oxygens (including phenoxy) is 4. The average Bonchev–Trinajstić information content (AvgIpc) is 3.02. The Balaban J connectivity index is 2.07. The van der Waals surface area contributed by atoms with Crippen molar-refractivity contribution in [3.63, 3.8) is 0 Å². The first-order chi connectivity index (χ1) is 20.2. The molecule has 0 bridgehead atoms. The summed E-state index contributed by atoms with van der Waals surface area (Å²) in [5.41, 5.74) is 6.73. The van der Waals surface area contributed by atoms with Gasteiger partial charge in [0.2, 0.25) is 0 Å². The zero-order valence-corrected chi connectivity index (χ0v) is 25.3. The molecule has 0 spiro atoms. The van der Waals surface area contributed by atoms with Crippen molar-refractivity contribution in [3.8, 4) is 11.1 Å². The molecule has 0 aliphatic carbocycles. The highest BCUT2D eigenvalue weighted by molar-refractivity contribution is 7.80. The minimum Gasteiger partial charge on any atom is -0.381 e. The molecule has 0 radical (unpaired) electrons. The lowest BCUT2D eigenvalue weighted by molar-refractivity contribution is 0.227. The monoisotopic (exact) mass is 566 g/mol. The van der Waals surface area contributed by atoms with Crippen molar-refractivity contribution in [2.45, 2.75) is 0 Å². The Labute approximate surface area is 246 Å². The van der Waals surface area contributed by atoms with E-state index in [9.17, 15) is 0 Å². The second kappa shape index (κ2) is 16.2. The van der Waals surface area contributed by atoms with Crippen molar-refractivity contribution >= 4 is 35.0 Å². The zero-order chi connectivity index (χ0) is 28.9. The van der Waals surface area contributed by atoms with Gasteiger partial charge in [-0.25, -0.2) is 0 Å². The first kappa shape index (κ1) is 30.6. The Morgan fingerprint density at radius 2 is 1.00 bits per heavy atom. The zero-order valence-electron chi connectivity index (χ0n) is 24.4.